The Labute approximate surface area is 101 Å². The van der Waals surface area contributed by atoms with Crippen LogP contribution in [0.5, 0.6) is 0 Å². The van der Waals surface area contributed by atoms with Crippen LogP contribution in [0, 0.1) is 5.92 Å². The van der Waals surface area contributed by atoms with E-state index in [-0.39, 0.29) is 12.5 Å². The van der Waals surface area contributed by atoms with E-state index in [1.165, 1.54) is 14.2 Å². The van der Waals surface area contributed by atoms with Crippen molar-refractivity contribution in [3.05, 3.63) is 0 Å². The normalized spacial score (nSPS) is 37.7. The molecule has 0 aliphatic carbocycles. The summed E-state index contributed by atoms with van der Waals surface area (Å²) in [6, 6.07) is 0. The van der Waals surface area contributed by atoms with Gasteiger partial charge in [-0.05, 0) is 6.30 Å². The zero-order valence-corrected chi connectivity index (χ0v) is 11.2. The summed E-state index contributed by atoms with van der Waals surface area (Å²) in [5, 5.41) is 0. The van der Waals surface area contributed by atoms with E-state index in [1.807, 2.05) is 0 Å². The van der Waals surface area contributed by atoms with Crippen molar-refractivity contribution < 1.29 is 27.8 Å². The van der Waals surface area contributed by atoms with Gasteiger partial charge in [-0.1, -0.05) is 6.92 Å². The van der Waals surface area contributed by atoms with Crippen molar-refractivity contribution in [2.75, 3.05) is 27.4 Å². The van der Waals surface area contributed by atoms with Crippen LogP contribution < -0.4 is 0 Å². The van der Waals surface area contributed by atoms with Crippen LogP contribution in [0.2, 0.25) is 0 Å². The lowest BCUT2D eigenvalue weighted by molar-refractivity contribution is -0.159. The van der Waals surface area contributed by atoms with Gasteiger partial charge in [0.2, 0.25) is 7.57 Å². The summed E-state index contributed by atoms with van der Waals surface area (Å²) in [5.74, 6) is -0.216. The first-order valence-corrected chi connectivity index (χ1v) is 7.12. The second-order valence-electron chi connectivity index (χ2n) is 4.11. The molecule has 0 amide bonds. The maximum absolute atomic E-state index is 13.8. The highest BCUT2D eigenvalue weighted by molar-refractivity contribution is 7.58. The van der Waals surface area contributed by atoms with Crippen molar-refractivity contribution >= 4 is 13.9 Å². The first kappa shape index (κ1) is 15.1. The van der Waals surface area contributed by atoms with Crippen LogP contribution in [0.4, 0.5) is 4.39 Å². The third-order valence-corrected chi connectivity index (χ3v) is 3.92. The molecule has 1 rings (SSSR count). The van der Waals surface area contributed by atoms with Gasteiger partial charge in [0, 0.05) is 20.1 Å². The summed E-state index contributed by atoms with van der Waals surface area (Å²) in [5.41, 5.74) is 0. The van der Waals surface area contributed by atoms with Crippen molar-refractivity contribution in [2.45, 2.75) is 25.3 Å². The molecule has 0 aromatic carbocycles. The maximum atomic E-state index is 13.8. The molecule has 0 radical (unpaired) electrons. The molecular weight excluding hydrogens is 250 g/mol. The molecule has 102 valence electrons. The lowest BCUT2D eigenvalue weighted by Gasteiger charge is -2.37. The minimum Gasteiger partial charge on any atom is -0.376 e. The number of hydrogen-bond donors (Lipinski definition) is 1. The van der Waals surface area contributed by atoms with Crippen LogP contribution in [0.25, 0.3) is 0 Å². The van der Waals surface area contributed by atoms with Gasteiger partial charge in [0.25, 0.3) is 0 Å². The fourth-order valence-electron chi connectivity index (χ4n) is 1.66. The average Bonchev–Trinajstić information content (AvgIpc) is 2.31. The SMILES string of the molecule is C=P(O)(OC)OC[C@H]1OC[C@@H](C)[C@H](F)[C@@H]1OC. The summed E-state index contributed by atoms with van der Waals surface area (Å²) in [6.07, 6.45) is 1.02. The smallest absolute Gasteiger partial charge is 0.247 e. The average molecular weight is 270 g/mol. The van der Waals surface area contributed by atoms with Crippen molar-refractivity contribution in [1.29, 1.82) is 0 Å². The van der Waals surface area contributed by atoms with Crippen LogP contribution in [0.15, 0.2) is 0 Å². The Morgan fingerprint density at radius 1 is 1.53 bits per heavy atom. The van der Waals surface area contributed by atoms with Crippen LogP contribution in [-0.2, 0) is 18.5 Å². The van der Waals surface area contributed by atoms with E-state index in [9.17, 15) is 9.28 Å². The maximum Gasteiger partial charge on any atom is 0.247 e. The Balaban J connectivity index is 2.55. The van der Waals surface area contributed by atoms with E-state index in [2.05, 4.69) is 10.8 Å². The Morgan fingerprint density at radius 2 is 2.18 bits per heavy atom. The fourth-order valence-corrected chi connectivity index (χ4v) is 2.14. The van der Waals surface area contributed by atoms with Gasteiger partial charge in [0.05, 0.1) is 13.2 Å². The Morgan fingerprint density at radius 3 is 2.71 bits per heavy atom. The van der Waals surface area contributed by atoms with E-state index < -0.39 is 25.9 Å². The number of alkyl halides is 1. The van der Waals surface area contributed by atoms with Crippen molar-refractivity contribution in [2.24, 2.45) is 5.92 Å². The van der Waals surface area contributed by atoms with Crippen LogP contribution >= 0.6 is 7.57 Å². The van der Waals surface area contributed by atoms with Crippen LogP contribution in [0.1, 0.15) is 6.92 Å². The summed E-state index contributed by atoms with van der Waals surface area (Å²) in [4.78, 5) is 9.50. The first-order valence-electron chi connectivity index (χ1n) is 5.36. The van der Waals surface area contributed by atoms with Crippen molar-refractivity contribution in [3.63, 3.8) is 0 Å². The molecule has 5 nitrogen and oxygen atoms in total. The summed E-state index contributed by atoms with van der Waals surface area (Å²) in [6.45, 7) is 2.05. The number of methoxy groups -OCH3 is 1. The van der Waals surface area contributed by atoms with E-state index in [4.69, 9.17) is 14.0 Å². The molecule has 0 bridgehead atoms. The van der Waals surface area contributed by atoms with E-state index in [1.54, 1.807) is 6.92 Å². The molecule has 1 N–H and O–H groups in total. The second kappa shape index (κ2) is 6.27. The lowest BCUT2D eigenvalue weighted by atomic mass is 9.95. The largest absolute Gasteiger partial charge is 0.376 e. The molecule has 0 saturated carbocycles. The molecule has 1 aliphatic rings. The molecule has 0 aromatic rings. The van der Waals surface area contributed by atoms with E-state index in [0.29, 0.717) is 6.61 Å². The third kappa shape index (κ3) is 4.02. The van der Waals surface area contributed by atoms with Gasteiger partial charge in [0.15, 0.2) is 0 Å². The van der Waals surface area contributed by atoms with Gasteiger partial charge >= 0.3 is 0 Å². The molecule has 0 aromatic heterocycles. The Hall–Kier alpha value is 0.0300. The highest BCUT2D eigenvalue weighted by Gasteiger charge is 2.39. The van der Waals surface area contributed by atoms with E-state index in [0.717, 1.165) is 0 Å². The van der Waals surface area contributed by atoms with Crippen molar-refractivity contribution in [3.8, 4) is 0 Å². The molecule has 7 heteroatoms. The molecular formula is C10H20FO5P. The number of ether oxygens (including phenoxy) is 2. The lowest BCUT2D eigenvalue weighted by Crippen LogP contribution is -2.50. The number of hydrogen-bond acceptors (Lipinski definition) is 5. The van der Waals surface area contributed by atoms with Gasteiger partial charge < -0.3 is 23.4 Å². The van der Waals surface area contributed by atoms with Crippen LogP contribution in [0.3, 0.4) is 0 Å². The van der Waals surface area contributed by atoms with Gasteiger partial charge in [-0.15, -0.1) is 0 Å². The highest BCUT2D eigenvalue weighted by Crippen LogP contribution is 2.42. The quantitative estimate of drug-likeness (QED) is 0.761. The summed E-state index contributed by atoms with van der Waals surface area (Å²) < 4.78 is 34.1. The minimum absolute atomic E-state index is 0.00668. The molecule has 5 atom stereocenters. The van der Waals surface area contributed by atoms with Gasteiger partial charge in [-0.3, -0.25) is 0 Å². The number of rotatable bonds is 5. The third-order valence-electron chi connectivity index (χ3n) is 2.80. The van der Waals surface area contributed by atoms with Crippen molar-refractivity contribution in [1.82, 2.24) is 0 Å². The van der Waals surface area contributed by atoms with Gasteiger partial charge in [0.1, 0.15) is 18.4 Å². The zero-order valence-electron chi connectivity index (χ0n) is 10.3. The van der Waals surface area contributed by atoms with Gasteiger partial charge in [-0.25, -0.2) is 4.39 Å². The second-order valence-corrected chi connectivity index (χ2v) is 6.01. The predicted octanol–water partition coefficient (Wildman–Crippen LogP) is 1.22. The number of halogens is 1. The molecule has 1 fully saturated rings. The first-order chi connectivity index (χ1) is 7.91. The topological polar surface area (TPSA) is 57.2 Å². The molecule has 1 aliphatic heterocycles. The molecule has 17 heavy (non-hydrogen) atoms. The monoisotopic (exact) mass is 270 g/mol. The highest BCUT2D eigenvalue weighted by atomic mass is 31.2. The predicted molar refractivity (Wildman–Crippen MR) is 63.8 cm³/mol. The molecule has 1 heterocycles. The Bertz CT molecular complexity index is 288. The summed E-state index contributed by atoms with van der Waals surface area (Å²) >= 11 is 0. The zero-order chi connectivity index (χ0) is 13.1. The van der Waals surface area contributed by atoms with Gasteiger partial charge in [-0.2, -0.15) is 0 Å². The minimum atomic E-state index is -3.07. The Kier molecular flexibility index (Phi) is 5.57. The molecule has 1 unspecified atom stereocenters. The van der Waals surface area contributed by atoms with Crippen LogP contribution in [-0.4, -0.2) is 57.0 Å². The standard InChI is InChI=1S/C10H20FO5P/c1-7-5-15-8(10(13-2)9(7)11)6-16-17(4,12)14-3/h7-10,12H,4-6H2,1-3H3/t7-,8-,9+,10-,17?/m1/s1. The summed E-state index contributed by atoms with van der Waals surface area (Å²) in [7, 11) is -0.344. The molecule has 1 saturated heterocycles. The molecule has 0 spiro atoms. The fraction of sp³-hybridized carbons (Fsp3) is 0.900. The van der Waals surface area contributed by atoms with E-state index >= 15 is 0 Å².